The van der Waals surface area contributed by atoms with E-state index in [1.54, 1.807) is 0 Å². The van der Waals surface area contributed by atoms with Gasteiger partial charge in [0.25, 0.3) is 0 Å². The van der Waals surface area contributed by atoms with Crippen LogP contribution in [0.4, 0.5) is 17.1 Å². The van der Waals surface area contributed by atoms with E-state index in [4.69, 9.17) is 0 Å². The quantitative estimate of drug-likeness (QED) is 0.0926. The van der Waals surface area contributed by atoms with Gasteiger partial charge in [-0.15, -0.1) is 0 Å². The van der Waals surface area contributed by atoms with Crippen molar-refractivity contribution in [1.82, 2.24) is 4.57 Å². The lowest BCUT2D eigenvalue weighted by Gasteiger charge is -2.35. The molecule has 73 heavy (non-hydrogen) atoms. The molecule has 1 aromatic heterocycles. The summed E-state index contributed by atoms with van der Waals surface area (Å²) >= 11 is 0. The van der Waals surface area contributed by atoms with Crippen molar-refractivity contribution < 1.29 is 0 Å². The minimum atomic E-state index is -2.83. The Balaban J connectivity index is 0.993. The molecule has 0 spiro atoms. The van der Waals surface area contributed by atoms with Crippen LogP contribution in [0.2, 0.25) is 0 Å². The topological polar surface area (TPSA) is 8.17 Å². The minimum absolute atomic E-state index is 1.08. The van der Waals surface area contributed by atoms with Gasteiger partial charge in [0.05, 0.1) is 11.0 Å². The first-order chi connectivity index (χ1) is 36.2. The molecule has 13 rings (SSSR count). The van der Waals surface area contributed by atoms with Crippen LogP contribution in [-0.2, 0) is 0 Å². The first-order valence-electron chi connectivity index (χ1n) is 25.2. The molecule has 0 amide bonds. The van der Waals surface area contributed by atoms with Crippen LogP contribution in [0.5, 0.6) is 0 Å². The van der Waals surface area contributed by atoms with Gasteiger partial charge in [0.1, 0.15) is 0 Å². The molecule has 3 heteroatoms. The summed E-state index contributed by atoms with van der Waals surface area (Å²) in [5.41, 5.74) is 13.9. The number of nitrogens with zero attached hydrogens (tertiary/aromatic N) is 2. The van der Waals surface area contributed by atoms with E-state index in [9.17, 15) is 0 Å². The SMILES string of the molecule is c1ccc(-c2ccc(N(c3ccc(-c4cc(-n5c6ccccc6c6ccc7ccccc7c65)ccc4-c4ccccc4)cc3)c3cccc([Si](c4ccccc4)(c4ccccc4)c4ccccc4)c3)cc2)cc1. The van der Waals surface area contributed by atoms with Gasteiger partial charge in [-0.1, -0.05) is 249 Å². The van der Waals surface area contributed by atoms with Crippen molar-refractivity contribution in [3.8, 4) is 39.1 Å². The number of hydrogen-bond donors (Lipinski definition) is 0. The third-order valence-corrected chi connectivity index (χ3v) is 19.5. The van der Waals surface area contributed by atoms with Crippen LogP contribution < -0.4 is 25.6 Å². The summed E-state index contributed by atoms with van der Waals surface area (Å²) in [5.74, 6) is 0. The molecule has 1 heterocycles. The highest BCUT2D eigenvalue weighted by atomic mass is 28.3. The van der Waals surface area contributed by atoms with Gasteiger partial charge in [0, 0.05) is 38.9 Å². The second-order valence-electron chi connectivity index (χ2n) is 18.8. The van der Waals surface area contributed by atoms with Crippen LogP contribution in [0.15, 0.2) is 303 Å². The molecule has 0 aliphatic rings. The van der Waals surface area contributed by atoms with Gasteiger partial charge in [-0.3, -0.25) is 0 Å². The maximum absolute atomic E-state index is 2.83. The van der Waals surface area contributed by atoms with Crippen molar-refractivity contribution in [2.24, 2.45) is 0 Å². The lowest BCUT2D eigenvalue weighted by molar-refractivity contribution is 1.19. The first-order valence-corrected chi connectivity index (χ1v) is 27.2. The number of aromatic nitrogens is 1. The third kappa shape index (κ3) is 7.75. The van der Waals surface area contributed by atoms with E-state index in [2.05, 4.69) is 313 Å². The molecule has 0 bridgehead atoms. The Kier molecular flexibility index (Phi) is 11.3. The zero-order chi connectivity index (χ0) is 48.6. The smallest absolute Gasteiger partial charge is 0.179 e. The maximum atomic E-state index is 2.47. The van der Waals surface area contributed by atoms with E-state index in [0.29, 0.717) is 0 Å². The monoisotopic (exact) mass is 946 g/mol. The highest BCUT2D eigenvalue weighted by molar-refractivity contribution is 7.19. The van der Waals surface area contributed by atoms with Gasteiger partial charge in [0.2, 0.25) is 0 Å². The molecule has 0 saturated heterocycles. The van der Waals surface area contributed by atoms with Crippen LogP contribution in [-0.4, -0.2) is 12.6 Å². The molecule has 0 radical (unpaired) electrons. The van der Waals surface area contributed by atoms with Crippen LogP contribution >= 0.6 is 0 Å². The van der Waals surface area contributed by atoms with Crippen LogP contribution in [0.3, 0.4) is 0 Å². The van der Waals surface area contributed by atoms with Crippen molar-refractivity contribution >= 4 is 78.5 Å². The number of hydrogen-bond acceptors (Lipinski definition) is 1. The van der Waals surface area contributed by atoms with Gasteiger partial charge in [-0.25, -0.2) is 0 Å². The Morgan fingerprint density at radius 1 is 0.274 bits per heavy atom. The second-order valence-corrected chi connectivity index (χ2v) is 22.6. The summed E-state index contributed by atoms with van der Waals surface area (Å²) in [6.07, 6.45) is 0. The summed E-state index contributed by atoms with van der Waals surface area (Å²) in [6, 6.07) is 112. The summed E-state index contributed by atoms with van der Waals surface area (Å²) in [6.45, 7) is 0. The molecule has 0 fully saturated rings. The first kappa shape index (κ1) is 43.7. The van der Waals surface area contributed by atoms with E-state index in [1.165, 1.54) is 81.1 Å². The fourth-order valence-corrected chi connectivity index (χ4v) is 16.2. The Morgan fingerprint density at radius 2 is 0.753 bits per heavy atom. The Bertz CT molecular complexity index is 3940. The number of anilines is 3. The normalized spacial score (nSPS) is 11.6. The van der Waals surface area contributed by atoms with Gasteiger partial charge >= 0.3 is 0 Å². The molecule has 0 aliphatic carbocycles. The number of benzene rings is 12. The van der Waals surface area contributed by atoms with Gasteiger partial charge in [-0.05, 0) is 114 Å². The summed E-state index contributed by atoms with van der Waals surface area (Å²) in [7, 11) is -2.83. The Labute approximate surface area is 428 Å². The van der Waals surface area contributed by atoms with Crippen molar-refractivity contribution in [1.29, 1.82) is 0 Å². The number of rotatable bonds is 11. The highest BCUT2D eigenvalue weighted by Crippen LogP contribution is 2.42. The van der Waals surface area contributed by atoms with E-state index < -0.39 is 8.07 Å². The standard InChI is InChI=1S/C70H50N2Si/c1-6-21-51(22-7-1)52-37-42-56(43-38-52)71(58-26-20-33-63(49-58)73(60-27-10-3-11-28-60,61-29-12-4-13-30-61)62-31-14-5-15-32-62)57-44-39-55(40-45-57)68-50-59(46-48-64(68)53-23-8-2-9-24-53)72-69-36-19-18-35-66(69)67-47-41-54-25-16-17-34-65(54)70(67)72/h1-50H. The Hall–Kier alpha value is -9.28. The van der Waals surface area contributed by atoms with Crippen molar-refractivity contribution in [2.75, 3.05) is 4.90 Å². The second kappa shape index (κ2) is 18.8. The summed E-state index contributed by atoms with van der Waals surface area (Å²) in [4.78, 5) is 2.43. The zero-order valence-electron chi connectivity index (χ0n) is 40.3. The molecule has 2 nitrogen and oxygen atoms in total. The number of fused-ring (bicyclic) bond motifs is 5. The molecule has 0 atom stereocenters. The molecule has 0 unspecified atom stereocenters. The zero-order valence-corrected chi connectivity index (χ0v) is 41.3. The van der Waals surface area contributed by atoms with Crippen molar-refractivity contribution in [2.45, 2.75) is 0 Å². The predicted octanol–water partition coefficient (Wildman–Crippen LogP) is 15.8. The molecule has 13 aromatic rings. The van der Waals surface area contributed by atoms with Crippen molar-refractivity contribution in [3.63, 3.8) is 0 Å². The molecule has 0 aliphatic heterocycles. The fraction of sp³-hybridized carbons (Fsp3) is 0. The van der Waals surface area contributed by atoms with Crippen molar-refractivity contribution in [3.05, 3.63) is 303 Å². The molecular weight excluding hydrogens is 897 g/mol. The van der Waals surface area contributed by atoms with E-state index in [-0.39, 0.29) is 0 Å². The lowest BCUT2D eigenvalue weighted by atomic mass is 9.93. The molecule has 12 aromatic carbocycles. The lowest BCUT2D eigenvalue weighted by Crippen LogP contribution is -2.74. The predicted molar refractivity (Wildman–Crippen MR) is 313 cm³/mol. The minimum Gasteiger partial charge on any atom is -0.311 e. The van der Waals surface area contributed by atoms with E-state index >= 15 is 0 Å². The Morgan fingerprint density at radius 3 is 1.37 bits per heavy atom. The maximum Gasteiger partial charge on any atom is 0.179 e. The number of para-hydroxylation sites is 1. The van der Waals surface area contributed by atoms with Crippen LogP contribution in [0.25, 0.3) is 71.6 Å². The fourth-order valence-electron chi connectivity index (χ4n) is 11.4. The largest absolute Gasteiger partial charge is 0.311 e. The van der Waals surface area contributed by atoms with Gasteiger partial charge < -0.3 is 9.47 Å². The van der Waals surface area contributed by atoms with E-state index in [0.717, 1.165) is 28.3 Å². The molecular formula is C70H50N2Si. The summed E-state index contributed by atoms with van der Waals surface area (Å²) < 4.78 is 2.47. The highest BCUT2D eigenvalue weighted by Gasteiger charge is 2.41. The average molecular weight is 947 g/mol. The molecule has 344 valence electrons. The summed E-state index contributed by atoms with van der Waals surface area (Å²) in [5, 5.41) is 10.3. The third-order valence-electron chi connectivity index (χ3n) is 14.7. The van der Waals surface area contributed by atoms with Gasteiger partial charge in [0.15, 0.2) is 8.07 Å². The van der Waals surface area contributed by atoms with Crippen LogP contribution in [0.1, 0.15) is 0 Å². The molecule has 0 saturated carbocycles. The average Bonchev–Trinajstić information content (AvgIpc) is 3.82. The van der Waals surface area contributed by atoms with E-state index in [1.807, 2.05) is 0 Å². The molecule has 0 N–H and O–H groups in total. The van der Waals surface area contributed by atoms with Gasteiger partial charge in [-0.2, -0.15) is 0 Å². The van der Waals surface area contributed by atoms with Crippen LogP contribution in [0, 0.1) is 0 Å².